The van der Waals surface area contributed by atoms with E-state index in [4.69, 9.17) is 15.2 Å². The van der Waals surface area contributed by atoms with Gasteiger partial charge in [0, 0.05) is 38.6 Å². The largest absolute Gasteiger partial charge is 0.496 e. The minimum absolute atomic E-state index is 0.105. The first-order chi connectivity index (χ1) is 18.2. The summed E-state index contributed by atoms with van der Waals surface area (Å²) in [6.45, 7) is 2.00. The number of methoxy groups -OCH3 is 1. The lowest BCUT2D eigenvalue weighted by Crippen LogP contribution is -2.48. The number of thiol groups is 1. The molecule has 2 aromatic heterocycles. The van der Waals surface area contributed by atoms with Gasteiger partial charge < -0.3 is 25.0 Å². The summed E-state index contributed by atoms with van der Waals surface area (Å²) >= 11 is 1.16. The maximum atomic E-state index is 13.6. The van der Waals surface area contributed by atoms with Crippen molar-refractivity contribution in [1.29, 1.82) is 0 Å². The summed E-state index contributed by atoms with van der Waals surface area (Å²) in [5.41, 5.74) is 6.69. The Labute approximate surface area is 226 Å². The highest BCUT2D eigenvalue weighted by Crippen LogP contribution is 2.35. The van der Waals surface area contributed by atoms with E-state index in [1.54, 1.807) is 44.2 Å². The number of likely N-dealkylation sites (tertiary alicyclic amines) is 1. The van der Waals surface area contributed by atoms with Crippen LogP contribution in [-0.4, -0.2) is 81.6 Å². The first kappa shape index (κ1) is 27.4. The van der Waals surface area contributed by atoms with Gasteiger partial charge in [0.15, 0.2) is 5.13 Å². The van der Waals surface area contributed by atoms with Crippen LogP contribution in [0.25, 0.3) is 10.8 Å². The standard InChI is InChI=1S/C24H30N6O6S2/c1-5-36-23(32)18(11-15-10-14-6-8-26-21(25)16(14)12-19(15)35-4)29-9-7-17(22(29)31)30(38(33)34)20-13-27-24(37-20)28(2)3/h6,8,10,12-13,17-18,38H,5,7,9,11H2,1-4H3,(H2,25,26)/t17-,18+/m0/s1. The summed E-state index contributed by atoms with van der Waals surface area (Å²) < 4.78 is 36.5. The van der Waals surface area contributed by atoms with Gasteiger partial charge in [-0.3, -0.25) is 4.79 Å². The smallest absolute Gasteiger partial charge is 0.329 e. The lowest BCUT2D eigenvalue weighted by molar-refractivity contribution is -0.153. The number of carbonyl (C=O) groups excluding carboxylic acids is 2. The maximum Gasteiger partial charge on any atom is 0.329 e. The zero-order valence-corrected chi connectivity index (χ0v) is 23.2. The van der Waals surface area contributed by atoms with Crippen LogP contribution in [0.5, 0.6) is 5.75 Å². The third kappa shape index (κ3) is 5.31. The van der Waals surface area contributed by atoms with Gasteiger partial charge >= 0.3 is 5.97 Å². The molecule has 1 aliphatic rings. The topological polar surface area (TPSA) is 148 Å². The molecule has 1 aromatic carbocycles. The molecule has 0 radical (unpaired) electrons. The minimum atomic E-state index is -3.14. The van der Waals surface area contributed by atoms with Crippen LogP contribution in [0.15, 0.2) is 30.6 Å². The molecule has 12 nitrogen and oxygen atoms in total. The quantitative estimate of drug-likeness (QED) is 0.275. The van der Waals surface area contributed by atoms with Gasteiger partial charge in [-0.1, -0.05) is 11.3 Å². The number of pyridine rings is 1. The van der Waals surface area contributed by atoms with Crippen molar-refractivity contribution in [3.8, 4) is 5.75 Å². The van der Waals surface area contributed by atoms with Gasteiger partial charge in [-0.25, -0.2) is 27.5 Å². The fourth-order valence-electron chi connectivity index (χ4n) is 4.53. The molecule has 1 amide bonds. The molecule has 3 aromatic rings. The molecule has 1 fully saturated rings. The van der Waals surface area contributed by atoms with Gasteiger partial charge in [0.05, 0.1) is 19.9 Å². The van der Waals surface area contributed by atoms with E-state index in [1.165, 1.54) is 18.2 Å². The molecule has 0 saturated carbocycles. The van der Waals surface area contributed by atoms with Crippen LogP contribution < -0.4 is 19.7 Å². The van der Waals surface area contributed by atoms with E-state index in [0.717, 1.165) is 21.0 Å². The number of nitrogen functional groups attached to an aromatic ring is 1. The molecular formula is C24H30N6O6S2. The van der Waals surface area contributed by atoms with E-state index in [1.807, 2.05) is 6.07 Å². The van der Waals surface area contributed by atoms with Crippen LogP contribution >= 0.6 is 11.3 Å². The second-order valence-corrected chi connectivity index (χ2v) is 10.7. The summed E-state index contributed by atoms with van der Waals surface area (Å²) in [5.74, 6) is -0.224. The van der Waals surface area contributed by atoms with Crippen molar-refractivity contribution >= 4 is 60.8 Å². The van der Waals surface area contributed by atoms with E-state index < -0.39 is 34.9 Å². The van der Waals surface area contributed by atoms with E-state index in [-0.39, 0.29) is 26.0 Å². The second kappa shape index (κ2) is 11.4. The van der Waals surface area contributed by atoms with E-state index in [9.17, 15) is 18.0 Å². The number of anilines is 3. The molecule has 0 aliphatic carbocycles. The highest BCUT2D eigenvalue weighted by molar-refractivity contribution is 7.74. The maximum absolute atomic E-state index is 13.6. The van der Waals surface area contributed by atoms with Crippen molar-refractivity contribution in [1.82, 2.24) is 14.9 Å². The molecule has 0 bridgehead atoms. The number of aromatic nitrogens is 2. The van der Waals surface area contributed by atoms with Crippen LogP contribution in [-0.2, 0) is 31.6 Å². The van der Waals surface area contributed by atoms with Crippen molar-refractivity contribution in [2.45, 2.75) is 31.8 Å². The average molecular weight is 563 g/mol. The lowest BCUT2D eigenvalue weighted by atomic mass is 10.00. The van der Waals surface area contributed by atoms with Gasteiger partial charge in [0.1, 0.15) is 28.7 Å². The van der Waals surface area contributed by atoms with Crippen LogP contribution in [0.2, 0.25) is 0 Å². The number of esters is 1. The van der Waals surface area contributed by atoms with Crippen LogP contribution in [0.3, 0.4) is 0 Å². The third-order valence-corrected chi connectivity index (χ3v) is 8.46. The molecule has 2 N–H and O–H groups in total. The Balaban J connectivity index is 1.67. The van der Waals surface area contributed by atoms with Crippen molar-refractivity contribution in [3.05, 3.63) is 36.2 Å². The molecule has 0 spiro atoms. The number of rotatable bonds is 10. The first-order valence-electron chi connectivity index (χ1n) is 11.9. The molecule has 4 rings (SSSR count). The second-order valence-electron chi connectivity index (χ2n) is 8.85. The molecule has 1 saturated heterocycles. The number of nitrogens with zero attached hydrogens (tertiary/aromatic N) is 5. The Bertz CT molecular complexity index is 1420. The monoisotopic (exact) mass is 562 g/mol. The van der Waals surface area contributed by atoms with E-state index in [2.05, 4.69) is 9.97 Å². The van der Waals surface area contributed by atoms with Gasteiger partial charge in [0.2, 0.25) is 16.8 Å². The van der Waals surface area contributed by atoms with Crippen molar-refractivity contribution in [2.24, 2.45) is 0 Å². The van der Waals surface area contributed by atoms with Crippen LogP contribution in [0, 0.1) is 0 Å². The zero-order chi connectivity index (χ0) is 27.6. The van der Waals surface area contributed by atoms with Gasteiger partial charge in [0.25, 0.3) is 0 Å². The number of thiazole rings is 1. The SMILES string of the molecule is CCOC(=O)[C@@H](Cc1cc2ccnc(N)c2cc1OC)N1CC[C@H](N(c2cnc(N(C)C)s2)[SH](=O)=O)C1=O. The molecule has 0 unspecified atom stereocenters. The summed E-state index contributed by atoms with van der Waals surface area (Å²) in [5, 5.41) is 2.44. The zero-order valence-electron chi connectivity index (χ0n) is 21.5. The van der Waals surface area contributed by atoms with Crippen molar-refractivity contribution in [3.63, 3.8) is 0 Å². The Morgan fingerprint density at radius 3 is 2.71 bits per heavy atom. The predicted octanol–water partition coefficient (Wildman–Crippen LogP) is 1.46. The Kier molecular flexibility index (Phi) is 8.21. The van der Waals surface area contributed by atoms with Crippen LogP contribution in [0.4, 0.5) is 16.0 Å². The number of carbonyl (C=O) groups is 2. The fourth-order valence-corrected chi connectivity index (χ4v) is 6.31. The lowest BCUT2D eigenvalue weighted by Gasteiger charge is -2.28. The number of benzene rings is 1. The minimum Gasteiger partial charge on any atom is -0.496 e. The number of hydrogen-bond acceptors (Lipinski definition) is 11. The molecule has 2 atom stereocenters. The van der Waals surface area contributed by atoms with E-state index in [0.29, 0.717) is 32.6 Å². The normalized spacial score (nSPS) is 16.2. The predicted molar refractivity (Wildman–Crippen MR) is 146 cm³/mol. The first-order valence-corrected chi connectivity index (χ1v) is 13.9. The van der Waals surface area contributed by atoms with Crippen LogP contribution in [0.1, 0.15) is 18.9 Å². The van der Waals surface area contributed by atoms with Gasteiger partial charge in [-0.15, -0.1) is 0 Å². The molecule has 3 heterocycles. The number of fused-ring (bicyclic) bond motifs is 1. The highest BCUT2D eigenvalue weighted by Gasteiger charge is 2.44. The Hall–Kier alpha value is -3.65. The fraction of sp³-hybridized carbons (Fsp3) is 0.417. The van der Waals surface area contributed by atoms with Gasteiger partial charge in [-0.05, 0) is 42.5 Å². The summed E-state index contributed by atoms with van der Waals surface area (Å²) in [6, 6.07) is 3.41. The van der Waals surface area contributed by atoms with Crippen molar-refractivity contribution < 1.29 is 27.5 Å². The third-order valence-electron chi connectivity index (χ3n) is 6.32. The molecule has 204 valence electrons. The molecule has 14 heteroatoms. The molecule has 1 aliphatic heterocycles. The number of hydrogen-bond donors (Lipinski definition) is 2. The number of nitrogens with two attached hydrogens (primary N) is 1. The van der Waals surface area contributed by atoms with E-state index >= 15 is 0 Å². The summed E-state index contributed by atoms with van der Waals surface area (Å²) in [6.07, 6.45) is 3.34. The summed E-state index contributed by atoms with van der Waals surface area (Å²) in [7, 11) is 1.96. The Morgan fingerprint density at radius 2 is 2.08 bits per heavy atom. The van der Waals surface area contributed by atoms with Crippen molar-refractivity contribution in [2.75, 3.05) is 49.3 Å². The number of ether oxygens (including phenoxy) is 2. The molecular weight excluding hydrogens is 532 g/mol. The molecule has 38 heavy (non-hydrogen) atoms. The Morgan fingerprint density at radius 1 is 1.32 bits per heavy atom. The highest BCUT2D eigenvalue weighted by atomic mass is 32.2. The average Bonchev–Trinajstić information content (AvgIpc) is 3.50. The van der Waals surface area contributed by atoms with Gasteiger partial charge in [-0.2, -0.15) is 0 Å². The summed E-state index contributed by atoms with van der Waals surface area (Å²) in [4.78, 5) is 38.3. The number of amides is 1.